The highest BCUT2D eigenvalue weighted by Crippen LogP contribution is 2.30. The standard InChI is InChI=1S/C25H26F3N5O3/c1-18(34)32-13-5-12-31(14-15-32)17-22(35)33(21-6-3-2-4-7-21)16-19-8-10-20(11-9-19)23-29-30-24(36-23)25(26,27)28/h2-4,6-11H,5,12-17H2,1H3. The summed E-state index contributed by atoms with van der Waals surface area (Å²) in [6.07, 6.45) is -3.91. The van der Waals surface area contributed by atoms with Gasteiger partial charge in [0, 0.05) is 44.4 Å². The lowest BCUT2D eigenvalue weighted by Gasteiger charge is -2.27. The number of halogens is 3. The second-order valence-corrected chi connectivity index (χ2v) is 8.56. The highest BCUT2D eigenvalue weighted by Gasteiger charge is 2.38. The molecule has 0 radical (unpaired) electrons. The first-order valence-corrected chi connectivity index (χ1v) is 11.5. The number of hydrogen-bond donors (Lipinski definition) is 0. The average molecular weight is 502 g/mol. The molecule has 4 rings (SSSR count). The number of rotatable bonds is 6. The van der Waals surface area contributed by atoms with Gasteiger partial charge in [-0.25, -0.2) is 0 Å². The van der Waals surface area contributed by atoms with E-state index in [0.29, 0.717) is 25.2 Å². The Morgan fingerprint density at radius 2 is 1.69 bits per heavy atom. The summed E-state index contributed by atoms with van der Waals surface area (Å²) in [5.74, 6) is -1.69. The Bertz CT molecular complexity index is 1180. The van der Waals surface area contributed by atoms with Crippen LogP contribution in [0, 0.1) is 0 Å². The predicted molar refractivity (Wildman–Crippen MR) is 126 cm³/mol. The second-order valence-electron chi connectivity index (χ2n) is 8.56. The maximum absolute atomic E-state index is 13.4. The van der Waals surface area contributed by atoms with Crippen molar-refractivity contribution in [2.75, 3.05) is 37.6 Å². The van der Waals surface area contributed by atoms with Gasteiger partial charge in [0.25, 0.3) is 0 Å². The Kier molecular flexibility index (Phi) is 7.68. The molecule has 8 nitrogen and oxygen atoms in total. The van der Waals surface area contributed by atoms with Gasteiger partial charge >= 0.3 is 12.1 Å². The third-order valence-electron chi connectivity index (χ3n) is 5.97. The summed E-state index contributed by atoms with van der Waals surface area (Å²) in [5, 5.41) is 6.53. The fourth-order valence-corrected chi connectivity index (χ4v) is 4.04. The molecule has 0 saturated carbocycles. The van der Waals surface area contributed by atoms with Gasteiger partial charge in [-0.1, -0.05) is 30.3 Å². The van der Waals surface area contributed by atoms with Crippen molar-refractivity contribution in [1.82, 2.24) is 20.0 Å². The summed E-state index contributed by atoms with van der Waals surface area (Å²) < 4.78 is 43.0. The van der Waals surface area contributed by atoms with Gasteiger partial charge in [-0.3, -0.25) is 14.5 Å². The van der Waals surface area contributed by atoms with Crippen LogP contribution in [-0.2, 0) is 22.3 Å². The second kappa shape index (κ2) is 10.9. The van der Waals surface area contributed by atoms with Crippen LogP contribution >= 0.6 is 0 Å². The molecule has 1 saturated heterocycles. The fraction of sp³-hybridized carbons (Fsp3) is 0.360. The van der Waals surface area contributed by atoms with Gasteiger partial charge in [0.2, 0.25) is 17.7 Å². The SMILES string of the molecule is CC(=O)N1CCCN(CC(=O)N(Cc2ccc(-c3nnc(C(F)(F)F)o3)cc2)c2ccccc2)CC1. The Labute approximate surface area is 206 Å². The number of carbonyl (C=O) groups excluding carboxylic acids is 2. The van der Waals surface area contributed by atoms with Crippen LogP contribution in [0.15, 0.2) is 59.0 Å². The van der Waals surface area contributed by atoms with Crippen LogP contribution in [0.2, 0.25) is 0 Å². The molecule has 3 aromatic rings. The third-order valence-corrected chi connectivity index (χ3v) is 5.97. The molecule has 1 fully saturated rings. The quantitative estimate of drug-likeness (QED) is 0.511. The summed E-state index contributed by atoms with van der Waals surface area (Å²) in [6.45, 7) is 4.64. The number of nitrogens with zero attached hydrogens (tertiary/aromatic N) is 5. The molecule has 0 N–H and O–H groups in total. The van der Waals surface area contributed by atoms with Gasteiger partial charge in [-0.2, -0.15) is 13.2 Å². The Hall–Kier alpha value is -3.73. The molecule has 36 heavy (non-hydrogen) atoms. The van der Waals surface area contributed by atoms with Crippen molar-refractivity contribution in [2.45, 2.75) is 26.1 Å². The van der Waals surface area contributed by atoms with Crippen molar-refractivity contribution in [1.29, 1.82) is 0 Å². The molecule has 0 atom stereocenters. The molecule has 0 aliphatic carbocycles. The monoisotopic (exact) mass is 501 g/mol. The van der Waals surface area contributed by atoms with Gasteiger partial charge in [0.1, 0.15) is 0 Å². The number of aromatic nitrogens is 2. The van der Waals surface area contributed by atoms with Crippen LogP contribution < -0.4 is 4.90 Å². The zero-order chi connectivity index (χ0) is 25.7. The van der Waals surface area contributed by atoms with Crippen LogP contribution in [-0.4, -0.2) is 64.5 Å². The van der Waals surface area contributed by atoms with Crippen molar-refractivity contribution in [3.8, 4) is 11.5 Å². The van der Waals surface area contributed by atoms with Gasteiger partial charge in [0.15, 0.2) is 0 Å². The van der Waals surface area contributed by atoms with Crippen LogP contribution in [0.1, 0.15) is 24.8 Å². The molecule has 0 spiro atoms. The van der Waals surface area contributed by atoms with E-state index in [2.05, 4.69) is 15.1 Å². The van der Waals surface area contributed by atoms with Crippen LogP contribution in [0.4, 0.5) is 18.9 Å². The first-order valence-electron chi connectivity index (χ1n) is 11.5. The van der Waals surface area contributed by atoms with Crippen LogP contribution in [0.5, 0.6) is 0 Å². The smallest absolute Gasteiger partial charge is 0.413 e. The summed E-state index contributed by atoms with van der Waals surface area (Å²) in [5.41, 5.74) is 1.86. The van der Waals surface area contributed by atoms with Crippen molar-refractivity contribution >= 4 is 17.5 Å². The van der Waals surface area contributed by atoms with Crippen LogP contribution in [0.25, 0.3) is 11.5 Å². The van der Waals surface area contributed by atoms with Crippen LogP contribution in [0.3, 0.4) is 0 Å². The maximum Gasteiger partial charge on any atom is 0.470 e. The number of amides is 2. The number of hydrogen-bond acceptors (Lipinski definition) is 6. The van der Waals surface area contributed by atoms with Crippen molar-refractivity contribution in [3.05, 3.63) is 66.1 Å². The summed E-state index contributed by atoms with van der Waals surface area (Å²) in [7, 11) is 0. The van der Waals surface area contributed by atoms with E-state index in [1.165, 1.54) is 0 Å². The van der Waals surface area contributed by atoms with E-state index >= 15 is 0 Å². The molecular weight excluding hydrogens is 475 g/mol. The van der Waals surface area contributed by atoms with Gasteiger partial charge in [-0.15, -0.1) is 10.2 Å². The normalized spacial score (nSPS) is 14.9. The van der Waals surface area contributed by atoms with E-state index < -0.39 is 12.1 Å². The van der Waals surface area contributed by atoms with E-state index in [9.17, 15) is 22.8 Å². The molecule has 0 bridgehead atoms. The zero-order valence-corrected chi connectivity index (χ0v) is 19.7. The van der Waals surface area contributed by atoms with Crippen molar-refractivity contribution in [3.63, 3.8) is 0 Å². The summed E-state index contributed by atoms with van der Waals surface area (Å²) >= 11 is 0. The number of carbonyl (C=O) groups is 2. The summed E-state index contributed by atoms with van der Waals surface area (Å²) in [4.78, 5) is 30.6. The molecule has 190 valence electrons. The number of benzene rings is 2. The van der Waals surface area contributed by atoms with E-state index in [1.54, 1.807) is 41.0 Å². The van der Waals surface area contributed by atoms with E-state index in [1.807, 2.05) is 30.3 Å². The third kappa shape index (κ3) is 6.28. The van der Waals surface area contributed by atoms with E-state index in [-0.39, 0.29) is 30.8 Å². The number of alkyl halides is 3. The lowest BCUT2D eigenvalue weighted by Crippen LogP contribution is -2.42. The Morgan fingerprint density at radius 3 is 2.33 bits per heavy atom. The molecular formula is C25H26F3N5O3. The molecule has 1 aromatic heterocycles. The van der Waals surface area contributed by atoms with E-state index in [0.717, 1.165) is 24.2 Å². The fourth-order valence-electron chi connectivity index (χ4n) is 4.04. The van der Waals surface area contributed by atoms with Gasteiger partial charge < -0.3 is 14.2 Å². The van der Waals surface area contributed by atoms with Gasteiger partial charge in [-0.05, 0) is 36.2 Å². The molecule has 2 aromatic carbocycles. The minimum absolute atomic E-state index is 0.0349. The molecule has 11 heteroatoms. The number of anilines is 1. The lowest BCUT2D eigenvalue weighted by atomic mass is 10.1. The number of para-hydroxylation sites is 1. The summed E-state index contributed by atoms with van der Waals surface area (Å²) in [6, 6.07) is 15.9. The molecule has 1 aliphatic heterocycles. The molecule has 0 unspecified atom stereocenters. The largest absolute Gasteiger partial charge is 0.470 e. The molecule has 1 aliphatic rings. The first-order chi connectivity index (χ1) is 17.2. The average Bonchev–Trinajstić information content (AvgIpc) is 3.25. The highest BCUT2D eigenvalue weighted by atomic mass is 19.4. The highest BCUT2D eigenvalue weighted by molar-refractivity contribution is 5.94. The van der Waals surface area contributed by atoms with Gasteiger partial charge in [0.05, 0.1) is 13.1 Å². The molecule has 2 heterocycles. The Balaban J connectivity index is 1.47. The predicted octanol–water partition coefficient (Wildman–Crippen LogP) is 3.84. The maximum atomic E-state index is 13.4. The first kappa shape index (κ1) is 25.4. The molecule has 2 amide bonds. The lowest BCUT2D eigenvalue weighted by molar-refractivity contribution is -0.157. The van der Waals surface area contributed by atoms with Crippen molar-refractivity contribution in [2.24, 2.45) is 0 Å². The topological polar surface area (TPSA) is 82.8 Å². The Morgan fingerprint density at radius 1 is 0.972 bits per heavy atom. The minimum Gasteiger partial charge on any atom is -0.413 e. The zero-order valence-electron chi connectivity index (χ0n) is 19.7. The minimum atomic E-state index is -4.71. The van der Waals surface area contributed by atoms with Crippen molar-refractivity contribution < 1.29 is 27.2 Å². The van der Waals surface area contributed by atoms with E-state index in [4.69, 9.17) is 4.42 Å².